The fourth-order valence-electron chi connectivity index (χ4n) is 1.54. The summed E-state index contributed by atoms with van der Waals surface area (Å²) < 4.78 is 0. The van der Waals surface area contributed by atoms with Crippen molar-refractivity contribution in [1.29, 1.82) is 0 Å². The zero-order chi connectivity index (χ0) is 16.2. The Kier molecular flexibility index (Phi) is 5.19. The smallest absolute Gasteiger partial charge is 0.323 e. The highest BCUT2D eigenvalue weighted by Gasteiger charge is 2.27. The van der Waals surface area contributed by atoms with Crippen molar-refractivity contribution in [3.8, 4) is 0 Å². The Balaban J connectivity index is 3.24. The third-order valence-corrected chi connectivity index (χ3v) is 2.56. The van der Waals surface area contributed by atoms with Crippen molar-refractivity contribution in [3.63, 3.8) is 0 Å². The number of aliphatic carboxylic acids is 2. The Hall–Kier alpha value is -2.68. The molecule has 0 bridgehead atoms. The monoisotopic (exact) mass is 316 g/mol. The predicted octanol–water partition coefficient (Wildman–Crippen LogP) is 0.860. The Morgan fingerprint density at radius 2 is 1.71 bits per heavy atom. The fourth-order valence-corrected chi connectivity index (χ4v) is 1.71. The minimum atomic E-state index is -1.45. The van der Waals surface area contributed by atoms with Crippen LogP contribution in [0.4, 0.5) is 5.69 Å². The third-order valence-electron chi connectivity index (χ3n) is 2.33. The van der Waals surface area contributed by atoms with Gasteiger partial charge < -0.3 is 15.1 Å². The molecule has 0 spiro atoms. The number of halogens is 1. The molecule has 2 N–H and O–H groups in total. The Morgan fingerprint density at radius 3 is 2.14 bits per heavy atom. The zero-order valence-electron chi connectivity index (χ0n) is 10.4. The summed E-state index contributed by atoms with van der Waals surface area (Å²) in [5.41, 5.74) is -1.07. The number of carboxylic acid groups (broad SMARTS) is 2. The SMILES string of the molecule is O=C(O)CN(CC(=O)O)C(=O)c1cc(Cl)ccc1[N+](=O)[O-]. The van der Waals surface area contributed by atoms with E-state index in [2.05, 4.69) is 0 Å². The molecule has 0 saturated heterocycles. The zero-order valence-corrected chi connectivity index (χ0v) is 11.1. The van der Waals surface area contributed by atoms with Gasteiger partial charge in [0, 0.05) is 11.1 Å². The molecule has 1 amide bonds. The minimum absolute atomic E-state index is 0.0227. The first-order valence-electron chi connectivity index (χ1n) is 5.39. The predicted molar refractivity (Wildman–Crippen MR) is 69.3 cm³/mol. The van der Waals surface area contributed by atoms with E-state index < -0.39 is 47.1 Å². The van der Waals surface area contributed by atoms with Crippen molar-refractivity contribution in [2.75, 3.05) is 13.1 Å². The second-order valence-corrected chi connectivity index (χ2v) is 4.30. The van der Waals surface area contributed by atoms with Gasteiger partial charge in [-0.25, -0.2) is 0 Å². The number of hydrogen-bond acceptors (Lipinski definition) is 5. The van der Waals surface area contributed by atoms with Gasteiger partial charge in [-0.2, -0.15) is 0 Å². The topological polar surface area (TPSA) is 138 Å². The minimum Gasteiger partial charge on any atom is -0.480 e. The standard InChI is InChI=1S/C11H9ClN2O7/c12-6-1-2-8(14(20)21)7(3-6)11(19)13(4-9(15)16)5-10(17)18/h1-3H,4-5H2,(H,15,16)(H,17,18). The molecule has 0 aliphatic carbocycles. The highest BCUT2D eigenvalue weighted by atomic mass is 35.5. The Morgan fingerprint density at radius 1 is 1.19 bits per heavy atom. The molecule has 0 atom stereocenters. The van der Waals surface area contributed by atoms with Crippen molar-refractivity contribution in [3.05, 3.63) is 38.9 Å². The molecule has 0 radical (unpaired) electrons. The Bertz CT molecular complexity index is 601. The first kappa shape index (κ1) is 16.4. The number of nitro groups is 1. The van der Waals surface area contributed by atoms with Crippen LogP contribution in [0.25, 0.3) is 0 Å². The van der Waals surface area contributed by atoms with E-state index in [4.69, 9.17) is 21.8 Å². The molecular formula is C11H9ClN2O7. The molecule has 112 valence electrons. The quantitative estimate of drug-likeness (QED) is 0.586. The van der Waals surface area contributed by atoms with E-state index in [1.807, 2.05) is 0 Å². The molecule has 9 nitrogen and oxygen atoms in total. The fraction of sp³-hybridized carbons (Fsp3) is 0.182. The lowest BCUT2D eigenvalue weighted by molar-refractivity contribution is -0.385. The van der Waals surface area contributed by atoms with Crippen LogP contribution in [-0.2, 0) is 9.59 Å². The molecule has 0 aliphatic rings. The lowest BCUT2D eigenvalue weighted by Gasteiger charge is -2.18. The number of benzene rings is 1. The highest BCUT2D eigenvalue weighted by molar-refractivity contribution is 6.31. The molecule has 0 aliphatic heterocycles. The number of hydrogen-bond donors (Lipinski definition) is 2. The molecule has 1 aromatic rings. The van der Waals surface area contributed by atoms with Crippen LogP contribution >= 0.6 is 11.6 Å². The molecule has 0 unspecified atom stereocenters. The van der Waals surface area contributed by atoms with Crippen LogP contribution in [0.5, 0.6) is 0 Å². The summed E-state index contributed by atoms with van der Waals surface area (Å²) in [4.78, 5) is 43.9. The van der Waals surface area contributed by atoms with E-state index in [0.717, 1.165) is 12.1 Å². The number of amides is 1. The lowest BCUT2D eigenvalue weighted by Crippen LogP contribution is -2.39. The van der Waals surface area contributed by atoms with Gasteiger partial charge in [0.15, 0.2) is 0 Å². The van der Waals surface area contributed by atoms with Crippen molar-refractivity contribution in [1.82, 2.24) is 4.90 Å². The summed E-state index contributed by atoms with van der Waals surface area (Å²) in [6.45, 7) is -1.82. The second kappa shape index (κ2) is 6.66. The van der Waals surface area contributed by atoms with Crippen LogP contribution in [-0.4, -0.2) is 51.0 Å². The first-order chi connectivity index (χ1) is 9.72. The van der Waals surface area contributed by atoms with Gasteiger partial charge in [0.2, 0.25) is 0 Å². The van der Waals surface area contributed by atoms with E-state index in [1.54, 1.807) is 0 Å². The maximum absolute atomic E-state index is 12.1. The van der Waals surface area contributed by atoms with Gasteiger partial charge in [-0.3, -0.25) is 24.5 Å². The van der Waals surface area contributed by atoms with E-state index in [1.165, 1.54) is 6.07 Å². The van der Waals surface area contributed by atoms with Gasteiger partial charge in [0.25, 0.3) is 11.6 Å². The summed E-state index contributed by atoms with van der Waals surface area (Å²) >= 11 is 5.66. The van der Waals surface area contributed by atoms with Gasteiger partial charge in [-0.15, -0.1) is 0 Å². The molecule has 0 aromatic heterocycles. The Labute approximate surface area is 122 Å². The van der Waals surface area contributed by atoms with E-state index in [-0.39, 0.29) is 5.02 Å². The maximum Gasteiger partial charge on any atom is 0.323 e. The van der Waals surface area contributed by atoms with Crippen LogP contribution in [0, 0.1) is 10.1 Å². The van der Waals surface area contributed by atoms with Crippen LogP contribution in [0.3, 0.4) is 0 Å². The summed E-state index contributed by atoms with van der Waals surface area (Å²) in [7, 11) is 0. The van der Waals surface area contributed by atoms with Gasteiger partial charge in [-0.1, -0.05) is 11.6 Å². The summed E-state index contributed by atoms with van der Waals surface area (Å²) in [5.74, 6) is -4.00. The summed E-state index contributed by atoms with van der Waals surface area (Å²) in [5, 5.41) is 28.2. The van der Waals surface area contributed by atoms with E-state index in [9.17, 15) is 24.5 Å². The van der Waals surface area contributed by atoms with Crippen LogP contribution in [0.2, 0.25) is 5.02 Å². The largest absolute Gasteiger partial charge is 0.480 e. The molecule has 1 rings (SSSR count). The summed E-state index contributed by atoms with van der Waals surface area (Å²) in [6.07, 6.45) is 0. The van der Waals surface area contributed by atoms with Gasteiger partial charge in [0.05, 0.1) is 4.92 Å². The normalized spacial score (nSPS) is 9.95. The van der Waals surface area contributed by atoms with Crippen molar-refractivity contribution in [2.45, 2.75) is 0 Å². The number of rotatable bonds is 6. The average molecular weight is 317 g/mol. The average Bonchev–Trinajstić information content (AvgIpc) is 2.35. The second-order valence-electron chi connectivity index (χ2n) is 3.87. The molecule has 10 heteroatoms. The molecule has 1 aromatic carbocycles. The lowest BCUT2D eigenvalue weighted by atomic mass is 10.1. The molecule has 21 heavy (non-hydrogen) atoms. The number of carbonyl (C=O) groups excluding carboxylic acids is 1. The molecule has 0 fully saturated rings. The maximum atomic E-state index is 12.1. The number of nitrogens with zero attached hydrogens (tertiary/aromatic N) is 2. The van der Waals surface area contributed by atoms with E-state index in [0.29, 0.717) is 4.90 Å². The third kappa shape index (κ3) is 4.42. The van der Waals surface area contributed by atoms with Crippen molar-refractivity contribution >= 4 is 35.1 Å². The van der Waals surface area contributed by atoms with Gasteiger partial charge in [-0.05, 0) is 12.1 Å². The summed E-state index contributed by atoms with van der Waals surface area (Å²) in [6, 6.07) is 3.16. The highest BCUT2D eigenvalue weighted by Crippen LogP contribution is 2.24. The molecule has 0 saturated carbocycles. The van der Waals surface area contributed by atoms with Crippen molar-refractivity contribution in [2.24, 2.45) is 0 Å². The van der Waals surface area contributed by atoms with Gasteiger partial charge in [0.1, 0.15) is 18.7 Å². The number of carbonyl (C=O) groups is 3. The number of nitro benzene ring substituents is 1. The van der Waals surface area contributed by atoms with Crippen LogP contribution < -0.4 is 0 Å². The molecule has 0 heterocycles. The number of carboxylic acids is 2. The van der Waals surface area contributed by atoms with Crippen LogP contribution in [0.1, 0.15) is 10.4 Å². The molecular weight excluding hydrogens is 308 g/mol. The van der Waals surface area contributed by atoms with E-state index >= 15 is 0 Å². The van der Waals surface area contributed by atoms with Crippen molar-refractivity contribution < 1.29 is 29.5 Å². The first-order valence-corrected chi connectivity index (χ1v) is 5.77. The van der Waals surface area contributed by atoms with Gasteiger partial charge >= 0.3 is 11.9 Å². The van der Waals surface area contributed by atoms with Crippen LogP contribution in [0.15, 0.2) is 18.2 Å².